The lowest BCUT2D eigenvalue weighted by Gasteiger charge is -2.04. The Morgan fingerprint density at radius 2 is 1.82 bits per heavy atom. The van der Waals surface area contributed by atoms with Crippen LogP contribution in [0.2, 0.25) is 0 Å². The molecule has 0 aliphatic rings. The summed E-state index contributed by atoms with van der Waals surface area (Å²) in [4.78, 5) is 20.5. The number of hydrogen-bond donors (Lipinski definition) is 1. The zero-order valence-electron chi connectivity index (χ0n) is 10.4. The molecular formula is C11H19NO5. The van der Waals surface area contributed by atoms with Gasteiger partial charge in [-0.25, -0.2) is 0 Å². The van der Waals surface area contributed by atoms with Crippen LogP contribution in [0.25, 0.3) is 0 Å². The first-order valence-electron chi connectivity index (χ1n) is 5.31. The van der Waals surface area contributed by atoms with Gasteiger partial charge in [0.15, 0.2) is 0 Å². The monoisotopic (exact) mass is 245 g/mol. The van der Waals surface area contributed by atoms with Gasteiger partial charge in [-0.2, -0.15) is 5.26 Å². The standard InChI is InChI=1S/C7H11NO3.C4H8O2/c1-2-11-7(10)5-6(9)3-4-8;1-3-6-4(2)5/h6,9H,2-3,5H2,1H3;3H2,1-2H3. The minimum atomic E-state index is -0.890. The van der Waals surface area contributed by atoms with Gasteiger partial charge in [-0.15, -0.1) is 0 Å². The van der Waals surface area contributed by atoms with Crippen molar-refractivity contribution in [2.75, 3.05) is 13.2 Å². The zero-order chi connectivity index (χ0) is 13.7. The van der Waals surface area contributed by atoms with E-state index in [2.05, 4.69) is 9.47 Å². The van der Waals surface area contributed by atoms with Crippen LogP contribution in [0.5, 0.6) is 0 Å². The maximum atomic E-state index is 10.6. The van der Waals surface area contributed by atoms with E-state index >= 15 is 0 Å². The van der Waals surface area contributed by atoms with Gasteiger partial charge < -0.3 is 14.6 Å². The topological polar surface area (TPSA) is 96.6 Å². The van der Waals surface area contributed by atoms with Gasteiger partial charge in [0.25, 0.3) is 0 Å². The highest BCUT2D eigenvalue weighted by atomic mass is 16.5. The summed E-state index contributed by atoms with van der Waals surface area (Å²) in [5.74, 6) is -0.673. The van der Waals surface area contributed by atoms with Gasteiger partial charge in [-0.05, 0) is 13.8 Å². The molecule has 0 saturated heterocycles. The number of nitrogens with zero attached hydrogens (tertiary/aromatic N) is 1. The van der Waals surface area contributed by atoms with Gasteiger partial charge in [0.2, 0.25) is 0 Å². The van der Waals surface area contributed by atoms with Crippen molar-refractivity contribution in [3.05, 3.63) is 0 Å². The van der Waals surface area contributed by atoms with E-state index in [0.29, 0.717) is 13.2 Å². The fourth-order valence-electron chi connectivity index (χ4n) is 0.793. The van der Waals surface area contributed by atoms with E-state index in [1.165, 1.54) is 6.92 Å². The second-order valence-electron chi connectivity index (χ2n) is 2.95. The molecule has 17 heavy (non-hydrogen) atoms. The Bertz CT molecular complexity index is 259. The molecule has 1 unspecified atom stereocenters. The molecule has 0 fully saturated rings. The molecule has 6 nitrogen and oxygen atoms in total. The molecule has 0 saturated carbocycles. The Kier molecular flexibility index (Phi) is 13.0. The smallest absolute Gasteiger partial charge is 0.308 e. The second kappa shape index (κ2) is 12.5. The van der Waals surface area contributed by atoms with Gasteiger partial charge in [-0.3, -0.25) is 9.59 Å². The van der Waals surface area contributed by atoms with Gasteiger partial charge in [0.1, 0.15) is 0 Å². The highest BCUT2D eigenvalue weighted by Gasteiger charge is 2.10. The molecular weight excluding hydrogens is 226 g/mol. The first-order valence-corrected chi connectivity index (χ1v) is 5.31. The van der Waals surface area contributed by atoms with Crippen molar-refractivity contribution < 1.29 is 24.2 Å². The maximum absolute atomic E-state index is 10.6. The summed E-state index contributed by atoms with van der Waals surface area (Å²) in [5, 5.41) is 17.0. The van der Waals surface area contributed by atoms with Crippen LogP contribution in [-0.4, -0.2) is 36.4 Å². The Labute approximate surface area is 101 Å². The van der Waals surface area contributed by atoms with E-state index < -0.39 is 12.1 Å². The van der Waals surface area contributed by atoms with Crippen LogP contribution < -0.4 is 0 Å². The SMILES string of the molecule is CCOC(=O)CC(O)CC#N.CCOC(C)=O. The Morgan fingerprint density at radius 3 is 2.12 bits per heavy atom. The van der Waals surface area contributed by atoms with Crippen molar-refractivity contribution in [2.45, 2.75) is 39.7 Å². The molecule has 98 valence electrons. The number of carbonyl (C=O) groups is 2. The zero-order valence-corrected chi connectivity index (χ0v) is 10.4. The number of esters is 2. The average molecular weight is 245 g/mol. The highest BCUT2D eigenvalue weighted by Crippen LogP contribution is 1.97. The van der Waals surface area contributed by atoms with Gasteiger partial charge >= 0.3 is 11.9 Å². The largest absolute Gasteiger partial charge is 0.466 e. The summed E-state index contributed by atoms with van der Waals surface area (Å²) in [6, 6.07) is 1.76. The molecule has 0 aromatic carbocycles. The highest BCUT2D eigenvalue weighted by molar-refractivity contribution is 5.69. The minimum Gasteiger partial charge on any atom is -0.466 e. The third-order valence-electron chi connectivity index (χ3n) is 1.38. The lowest BCUT2D eigenvalue weighted by atomic mass is 10.2. The number of aliphatic hydroxyl groups is 1. The van der Waals surface area contributed by atoms with Crippen molar-refractivity contribution in [3.63, 3.8) is 0 Å². The van der Waals surface area contributed by atoms with Crippen LogP contribution in [0, 0.1) is 11.3 Å². The molecule has 0 amide bonds. The number of aliphatic hydroxyl groups excluding tert-OH is 1. The van der Waals surface area contributed by atoms with Crippen molar-refractivity contribution in [1.82, 2.24) is 0 Å². The van der Waals surface area contributed by atoms with Crippen molar-refractivity contribution in [2.24, 2.45) is 0 Å². The van der Waals surface area contributed by atoms with E-state index in [-0.39, 0.29) is 18.8 Å². The van der Waals surface area contributed by atoms with E-state index in [0.717, 1.165) is 0 Å². The molecule has 0 bridgehead atoms. The molecule has 1 N–H and O–H groups in total. The molecule has 0 radical (unpaired) electrons. The van der Waals surface area contributed by atoms with E-state index in [4.69, 9.17) is 10.4 Å². The first kappa shape index (κ1) is 17.8. The summed E-state index contributed by atoms with van der Waals surface area (Å²) in [7, 11) is 0. The Balaban J connectivity index is 0. The Morgan fingerprint density at radius 1 is 1.29 bits per heavy atom. The number of carbonyl (C=O) groups excluding carboxylic acids is 2. The molecule has 0 spiro atoms. The van der Waals surface area contributed by atoms with E-state index in [9.17, 15) is 9.59 Å². The van der Waals surface area contributed by atoms with Crippen LogP contribution in [0.15, 0.2) is 0 Å². The average Bonchev–Trinajstić information content (AvgIpc) is 2.18. The van der Waals surface area contributed by atoms with Crippen LogP contribution in [-0.2, 0) is 19.1 Å². The lowest BCUT2D eigenvalue weighted by Crippen LogP contribution is -2.14. The molecule has 0 rings (SSSR count). The normalized spacial score (nSPS) is 10.3. The molecule has 0 aromatic heterocycles. The molecule has 1 atom stereocenters. The molecule has 0 aromatic rings. The van der Waals surface area contributed by atoms with E-state index in [1.54, 1.807) is 19.9 Å². The van der Waals surface area contributed by atoms with Crippen LogP contribution in [0.1, 0.15) is 33.6 Å². The quantitative estimate of drug-likeness (QED) is 0.719. The molecule has 6 heteroatoms. The number of ether oxygens (including phenoxy) is 2. The van der Waals surface area contributed by atoms with Crippen molar-refractivity contribution >= 4 is 11.9 Å². The predicted molar refractivity (Wildman–Crippen MR) is 59.8 cm³/mol. The second-order valence-corrected chi connectivity index (χ2v) is 2.95. The Hall–Kier alpha value is -1.61. The first-order chi connectivity index (χ1) is 7.97. The third-order valence-corrected chi connectivity index (χ3v) is 1.38. The predicted octanol–water partition coefficient (Wildman–Crippen LogP) is 0.784. The number of rotatable bonds is 5. The third kappa shape index (κ3) is 17.0. The lowest BCUT2D eigenvalue weighted by molar-refractivity contribution is -0.145. The summed E-state index contributed by atoms with van der Waals surface area (Å²) >= 11 is 0. The van der Waals surface area contributed by atoms with Gasteiger partial charge in [0, 0.05) is 6.92 Å². The summed E-state index contributed by atoms with van der Waals surface area (Å²) in [6.07, 6.45) is -1.01. The van der Waals surface area contributed by atoms with Crippen LogP contribution in [0.3, 0.4) is 0 Å². The van der Waals surface area contributed by atoms with E-state index in [1.807, 2.05) is 0 Å². The summed E-state index contributed by atoms with van der Waals surface area (Å²) < 4.78 is 8.95. The maximum Gasteiger partial charge on any atom is 0.308 e. The summed E-state index contributed by atoms with van der Waals surface area (Å²) in [6.45, 7) is 5.65. The molecule has 0 heterocycles. The number of nitriles is 1. The summed E-state index contributed by atoms with van der Waals surface area (Å²) in [5.41, 5.74) is 0. The van der Waals surface area contributed by atoms with Crippen LogP contribution >= 0.6 is 0 Å². The van der Waals surface area contributed by atoms with Gasteiger partial charge in [0.05, 0.1) is 38.2 Å². The molecule has 0 aliphatic carbocycles. The van der Waals surface area contributed by atoms with Crippen LogP contribution in [0.4, 0.5) is 0 Å². The van der Waals surface area contributed by atoms with Crippen molar-refractivity contribution in [1.29, 1.82) is 5.26 Å². The fourth-order valence-corrected chi connectivity index (χ4v) is 0.793. The fraction of sp³-hybridized carbons (Fsp3) is 0.727. The number of hydrogen-bond acceptors (Lipinski definition) is 6. The molecule has 0 aliphatic heterocycles. The minimum absolute atomic E-state index is 0.0290. The van der Waals surface area contributed by atoms with Gasteiger partial charge in [-0.1, -0.05) is 0 Å². The van der Waals surface area contributed by atoms with Crippen molar-refractivity contribution in [3.8, 4) is 6.07 Å².